The molecule has 0 atom stereocenters. The van der Waals surface area contributed by atoms with Crippen LogP contribution in [0.1, 0.15) is 39.9 Å². The van der Waals surface area contributed by atoms with Gasteiger partial charge in [0.25, 0.3) is 0 Å². The fourth-order valence-corrected chi connectivity index (χ4v) is 3.20. The predicted molar refractivity (Wildman–Crippen MR) is 78.9 cm³/mol. The first-order chi connectivity index (χ1) is 9.76. The number of ether oxygens (including phenoxy) is 1. The highest BCUT2D eigenvalue weighted by atomic mass is 32.1. The Morgan fingerprint density at radius 2 is 2.30 bits per heavy atom. The van der Waals surface area contributed by atoms with Gasteiger partial charge in [-0.2, -0.15) is 5.26 Å². The summed E-state index contributed by atoms with van der Waals surface area (Å²) < 4.78 is 5.78. The molecule has 0 amide bonds. The number of aryl methyl sites for hydroxylation is 1. The molecule has 0 unspecified atom stereocenters. The van der Waals surface area contributed by atoms with E-state index in [0.717, 1.165) is 21.3 Å². The Hall–Kier alpha value is -1.86. The first-order valence-corrected chi connectivity index (χ1v) is 7.63. The Labute approximate surface area is 122 Å². The molecule has 1 aliphatic carbocycles. The van der Waals surface area contributed by atoms with E-state index in [-0.39, 0.29) is 0 Å². The average Bonchev–Trinajstić information content (AvgIpc) is 3.20. The van der Waals surface area contributed by atoms with Crippen molar-refractivity contribution in [2.75, 3.05) is 0 Å². The van der Waals surface area contributed by atoms with Crippen molar-refractivity contribution in [1.29, 1.82) is 5.26 Å². The summed E-state index contributed by atoms with van der Waals surface area (Å²) in [4.78, 5) is 5.79. The van der Waals surface area contributed by atoms with Crippen LogP contribution in [0.5, 0.6) is 5.75 Å². The molecule has 0 spiro atoms. The van der Waals surface area contributed by atoms with Gasteiger partial charge in [-0.1, -0.05) is 12.1 Å². The van der Waals surface area contributed by atoms with Gasteiger partial charge in [-0.3, -0.25) is 0 Å². The summed E-state index contributed by atoms with van der Waals surface area (Å²) in [5, 5.41) is 9.86. The van der Waals surface area contributed by atoms with Gasteiger partial charge in [0.15, 0.2) is 0 Å². The molecule has 102 valence electrons. The standard InChI is InChI=1S/C16H16N2OS/c1-11-3-2-4-13(9-11)19-10-15-18-16(12-5-6-12)14(20-15)7-8-17/h2-4,9,12H,5-7,10H2,1H3. The molecule has 0 radical (unpaired) electrons. The van der Waals surface area contributed by atoms with E-state index in [2.05, 4.69) is 11.1 Å². The van der Waals surface area contributed by atoms with E-state index in [9.17, 15) is 0 Å². The minimum absolute atomic E-state index is 0.466. The smallest absolute Gasteiger partial charge is 0.140 e. The topological polar surface area (TPSA) is 45.9 Å². The lowest BCUT2D eigenvalue weighted by atomic mass is 10.2. The molecule has 3 nitrogen and oxygen atoms in total. The van der Waals surface area contributed by atoms with Crippen molar-refractivity contribution < 1.29 is 4.74 Å². The van der Waals surface area contributed by atoms with Crippen LogP contribution in [0, 0.1) is 18.3 Å². The monoisotopic (exact) mass is 284 g/mol. The third-order valence-electron chi connectivity index (χ3n) is 3.33. The molecule has 0 bridgehead atoms. The van der Waals surface area contributed by atoms with Gasteiger partial charge in [0.2, 0.25) is 0 Å². The zero-order valence-electron chi connectivity index (χ0n) is 11.4. The zero-order chi connectivity index (χ0) is 13.9. The largest absolute Gasteiger partial charge is 0.486 e. The molecule has 1 heterocycles. The number of hydrogen-bond acceptors (Lipinski definition) is 4. The summed E-state index contributed by atoms with van der Waals surface area (Å²) in [7, 11) is 0. The van der Waals surface area contributed by atoms with Gasteiger partial charge in [-0.25, -0.2) is 4.98 Å². The molecular formula is C16H16N2OS. The number of hydrogen-bond donors (Lipinski definition) is 0. The Balaban J connectivity index is 1.71. The fraction of sp³-hybridized carbons (Fsp3) is 0.375. The van der Waals surface area contributed by atoms with Crippen molar-refractivity contribution >= 4 is 11.3 Å². The maximum Gasteiger partial charge on any atom is 0.140 e. The maximum absolute atomic E-state index is 8.89. The number of rotatable bonds is 5. The second kappa shape index (κ2) is 5.64. The SMILES string of the molecule is Cc1cccc(OCc2nc(C3CC3)c(CC#N)s2)c1. The number of nitriles is 1. The zero-order valence-corrected chi connectivity index (χ0v) is 12.2. The number of nitrogens with zero attached hydrogens (tertiary/aromatic N) is 2. The molecule has 1 fully saturated rings. The number of thiazole rings is 1. The average molecular weight is 284 g/mol. The summed E-state index contributed by atoms with van der Waals surface area (Å²) in [6.45, 7) is 2.53. The maximum atomic E-state index is 8.89. The fourth-order valence-electron chi connectivity index (χ4n) is 2.20. The summed E-state index contributed by atoms with van der Waals surface area (Å²) in [5.41, 5.74) is 2.32. The molecule has 1 aromatic heterocycles. The van der Waals surface area contributed by atoms with Crippen molar-refractivity contribution in [3.8, 4) is 11.8 Å². The van der Waals surface area contributed by atoms with E-state index in [1.165, 1.54) is 18.4 Å². The normalized spacial score (nSPS) is 14.0. The molecule has 1 aromatic carbocycles. The van der Waals surface area contributed by atoms with Crippen LogP contribution in [0.3, 0.4) is 0 Å². The summed E-state index contributed by atoms with van der Waals surface area (Å²) in [6.07, 6.45) is 2.88. The minimum Gasteiger partial charge on any atom is -0.486 e. The number of benzene rings is 1. The highest BCUT2D eigenvalue weighted by molar-refractivity contribution is 7.11. The molecular weight excluding hydrogens is 268 g/mol. The van der Waals surface area contributed by atoms with Gasteiger partial charge in [-0.05, 0) is 37.5 Å². The second-order valence-corrected chi connectivity index (χ2v) is 6.30. The van der Waals surface area contributed by atoms with E-state index >= 15 is 0 Å². The van der Waals surface area contributed by atoms with E-state index in [4.69, 9.17) is 10.00 Å². The van der Waals surface area contributed by atoms with Crippen LogP contribution in [-0.2, 0) is 13.0 Å². The minimum atomic E-state index is 0.466. The third-order valence-corrected chi connectivity index (χ3v) is 4.37. The van der Waals surface area contributed by atoms with Crippen molar-refractivity contribution in [3.05, 3.63) is 45.4 Å². The molecule has 1 saturated carbocycles. The Morgan fingerprint density at radius 1 is 1.45 bits per heavy atom. The van der Waals surface area contributed by atoms with Crippen LogP contribution < -0.4 is 4.74 Å². The first-order valence-electron chi connectivity index (χ1n) is 6.81. The lowest BCUT2D eigenvalue weighted by Crippen LogP contribution is -1.95. The first kappa shape index (κ1) is 13.1. The highest BCUT2D eigenvalue weighted by Gasteiger charge is 2.29. The van der Waals surface area contributed by atoms with Gasteiger partial charge in [-0.15, -0.1) is 11.3 Å². The molecule has 0 N–H and O–H groups in total. The van der Waals surface area contributed by atoms with Crippen molar-refractivity contribution in [2.45, 2.75) is 38.7 Å². The van der Waals surface area contributed by atoms with Gasteiger partial charge < -0.3 is 4.74 Å². The lowest BCUT2D eigenvalue weighted by molar-refractivity contribution is 0.305. The molecule has 0 aliphatic heterocycles. The van der Waals surface area contributed by atoms with E-state index in [0.29, 0.717) is 18.9 Å². The Kier molecular flexibility index (Phi) is 3.70. The van der Waals surface area contributed by atoms with E-state index in [1.54, 1.807) is 11.3 Å². The third kappa shape index (κ3) is 3.00. The van der Waals surface area contributed by atoms with Crippen molar-refractivity contribution in [2.24, 2.45) is 0 Å². The van der Waals surface area contributed by atoms with Gasteiger partial charge >= 0.3 is 0 Å². The molecule has 20 heavy (non-hydrogen) atoms. The Bertz CT molecular complexity index is 653. The van der Waals surface area contributed by atoms with Gasteiger partial charge in [0.1, 0.15) is 17.4 Å². The molecule has 0 saturated heterocycles. The molecule has 4 heteroatoms. The predicted octanol–water partition coefficient (Wildman–Crippen LogP) is 3.97. The van der Waals surface area contributed by atoms with Crippen molar-refractivity contribution in [3.63, 3.8) is 0 Å². The van der Waals surface area contributed by atoms with Crippen molar-refractivity contribution in [1.82, 2.24) is 4.98 Å². The van der Waals surface area contributed by atoms with Crippen LogP contribution in [0.2, 0.25) is 0 Å². The lowest BCUT2D eigenvalue weighted by Gasteiger charge is -2.04. The highest BCUT2D eigenvalue weighted by Crippen LogP contribution is 2.42. The quantitative estimate of drug-likeness (QED) is 0.834. The summed E-state index contributed by atoms with van der Waals surface area (Å²) in [6, 6.07) is 10.2. The molecule has 3 rings (SSSR count). The molecule has 1 aliphatic rings. The van der Waals surface area contributed by atoms with Gasteiger partial charge in [0, 0.05) is 10.8 Å². The Morgan fingerprint density at radius 3 is 3.00 bits per heavy atom. The summed E-state index contributed by atoms with van der Waals surface area (Å²) in [5.74, 6) is 1.46. The van der Waals surface area contributed by atoms with E-state index < -0.39 is 0 Å². The van der Waals surface area contributed by atoms with Gasteiger partial charge in [0.05, 0.1) is 18.2 Å². The molecule has 2 aromatic rings. The van der Waals surface area contributed by atoms with Crippen LogP contribution in [-0.4, -0.2) is 4.98 Å². The van der Waals surface area contributed by atoms with Crippen LogP contribution in [0.4, 0.5) is 0 Å². The second-order valence-electron chi connectivity index (χ2n) is 5.13. The number of aromatic nitrogens is 1. The van der Waals surface area contributed by atoms with Crippen LogP contribution >= 0.6 is 11.3 Å². The van der Waals surface area contributed by atoms with Crippen LogP contribution in [0.15, 0.2) is 24.3 Å². The van der Waals surface area contributed by atoms with E-state index in [1.807, 2.05) is 31.2 Å². The van der Waals surface area contributed by atoms with Crippen LogP contribution in [0.25, 0.3) is 0 Å². The summed E-state index contributed by atoms with van der Waals surface area (Å²) >= 11 is 1.62.